The van der Waals surface area contributed by atoms with E-state index in [0.29, 0.717) is 20.7 Å². The second-order valence-corrected chi connectivity index (χ2v) is 8.41. The lowest BCUT2D eigenvalue weighted by atomic mass is 10.0. The predicted molar refractivity (Wildman–Crippen MR) is 122 cm³/mol. The third-order valence-electron chi connectivity index (χ3n) is 4.34. The van der Waals surface area contributed by atoms with Gasteiger partial charge in [0.1, 0.15) is 0 Å². The lowest BCUT2D eigenvalue weighted by molar-refractivity contribution is 0.104. The molecule has 1 aliphatic rings. The number of nitrogens with zero attached hydrogens (tertiary/aromatic N) is 1. The zero-order valence-corrected chi connectivity index (χ0v) is 18.1. The number of halogens is 2. The first-order valence-corrected chi connectivity index (χ1v) is 9.92. The molecule has 0 saturated carbocycles. The zero-order chi connectivity index (χ0) is 20.5. The minimum atomic E-state index is -0.179. The Hall–Kier alpha value is -2.14. The molecule has 0 atom stereocenters. The Morgan fingerprint density at radius 2 is 1.82 bits per heavy atom. The van der Waals surface area contributed by atoms with Crippen molar-refractivity contribution in [3.8, 4) is 0 Å². The van der Waals surface area contributed by atoms with Crippen molar-refractivity contribution in [3.05, 3.63) is 81.5 Å². The summed E-state index contributed by atoms with van der Waals surface area (Å²) in [7, 11) is 0. The van der Waals surface area contributed by atoms with Crippen molar-refractivity contribution in [2.24, 2.45) is 0 Å². The van der Waals surface area contributed by atoms with E-state index in [1.807, 2.05) is 24.0 Å². The molecule has 0 aromatic heterocycles. The summed E-state index contributed by atoms with van der Waals surface area (Å²) in [5.74, 6) is -0.106. The molecule has 6 heteroatoms. The summed E-state index contributed by atoms with van der Waals surface area (Å²) in [4.78, 5) is 14.4. The van der Waals surface area contributed by atoms with Crippen LogP contribution in [-0.2, 0) is 0 Å². The molecule has 0 unspecified atom stereocenters. The highest BCUT2D eigenvalue weighted by Gasteiger charge is 2.27. The van der Waals surface area contributed by atoms with Gasteiger partial charge in [-0.1, -0.05) is 29.3 Å². The van der Waals surface area contributed by atoms with E-state index in [0.717, 1.165) is 16.9 Å². The Bertz CT molecular complexity index is 994. The molecule has 1 aliphatic heterocycles. The van der Waals surface area contributed by atoms with Crippen molar-refractivity contribution >= 4 is 58.1 Å². The molecule has 2 aromatic rings. The molecule has 3 rings (SSSR count). The van der Waals surface area contributed by atoms with Gasteiger partial charge in [-0.05, 0) is 93.2 Å². The fourth-order valence-electron chi connectivity index (χ4n) is 3.11. The molecule has 0 aliphatic carbocycles. The Labute approximate surface area is 180 Å². The molecule has 0 saturated heterocycles. The Morgan fingerprint density at radius 1 is 1.14 bits per heavy atom. The first-order chi connectivity index (χ1) is 13.2. The largest absolute Gasteiger partial charge is 0.354 e. The number of allylic oxidation sites excluding steroid dienone is 2. The second-order valence-electron chi connectivity index (χ2n) is 7.18. The van der Waals surface area contributed by atoms with Crippen LogP contribution in [0, 0.1) is 0 Å². The minimum Gasteiger partial charge on any atom is -0.354 e. The van der Waals surface area contributed by atoms with Crippen LogP contribution < -0.4 is 10.2 Å². The quantitative estimate of drug-likeness (QED) is 0.352. The van der Waals surface area contributed by atoms with Crippen LogP contribution in [0.15, 0.2) is 60.3 Å². The third kappa shape index (κ3) is 4.64. The van der Waals surface area contributed by atoms with E-state index < -0.39 is 0 Å². The van der Waals surface area contributed by atoms with Crippen LogP contribution in [0.4, 0.5) is 5.69 Å². The van der Waals surface area contributed by atoms with Crippen molar-refractivity contribution in [2.45, 2.75) is 26.3 Å². The van der Waals surface area contributed by atoms with E-state index >= 15 is 0 Å². The van der Waals surface area contributed by atoms with E-state index in [2.05, 4.69) is 25.2 Å². The van der Waals surface area contributed by atoms with Crippen LogP contribution in [0.5, 0.6) is 0 Å². The van der Waals surface area contributed by atoms with Gasteiger partial charge in [-0.3, -0.25) is 9.69 Å². The molecule has 2 aromatic carbocycles. The maximum Gasteiger partial charge on any atom is 0.185 e. The summed E-state index contributed by atoms with van der Waals surface area (Å²) >= 11 is 17.5. The molecule has 3 nitrogen and oxygen atoms in total. The molecule has 0 spiro atoms. The molecule has 144 valence electrons. The van der Waals surface area contributed by atoms with E-state index in [9.17, 15) is 4.79 Å². The second kappa shape index (κ2) is 8.08. The predicted octanol–water partition coefficient (Wildman–Crippen LogP) is 6.27. The van der Waals surface area contributed by atoms with Gasteiger partial charge in [0.15, 0.2) is 10.9 Å². The number of nitrogens with one attached hydrogen (secondary N) is 1. The summed E-state index contributed by atoms with van der Waals surface area (Å²) in [6.45, 7) is 6.16. The van der Waals surface area contributed by atoms with Crippen molar-refractivity contribution < 1.29 is 4.79 Å². The van der Waals surface area contributed by atoms with Crippen LogP contribution in [0.3, 0.4) is 0 Å². The molecule has 0 radical (unpaired) electrons. The van der Waals surface area contributed by atoms with Gasteiger partial charge < -0.3 is 5.32 Å². The number of hydrogen-bond acceptors (Lipinski definition) is 2. The molecule has 0 bridgehead atoms. The van der Waals surface area contributed by atoms with Crippen molar-refractivity contribution in [3.63, 3.8) is 0 Å². The first-order valence-electron chi connectivity index (χ1n) is 8.75. The number of anilines is 1. The van der Waals surface area contributed by atoms with E-state index in [1.165, 1.54) is 6.08 Å². The molecule has 28 heavy (non-hydrogen) atoms. The number of rotatable bonds is 4. The summed E-state index contributed by atoms with van der Waals surface area (Å²) in [5.41, 5.74) is 3.10. The highest BCUT2D eigenvalue weighted by atomic mass is 35.5. The average Bonchev–Trinajstić information content (AvgIpc) is 2.59. The van der Waals surface area contributed by atoms with Crippen molar-refractivity contribution in [2.75, 3.05) is 4.90 Å². The van der Waals surface area contributed by atoms with Crippen LogP contribution in [0.1, 0.15) is 36.7 Å². The topological polar surface area (TPSA) is 32.3 Å². The molecule has 1 N–H and O–H groups in total. The van der Waals surface area contributed by atoms with Gasteiger partial charge in [0, 0.05) is 27.0 Å². The summed E-state index contributed by atoms with van der Waals surface area (Å²) < 4.78 is 0. The normalized spacial score (nSPS) is 16.1. The number of carbonyl (C=O) groups is 1. The maximum atomic E-state index is 12.5. The van der Waals surface area contributed by atoms with Crippen LogP contribution >= 0.6 is 35.4 Å². The van der Waals surface area contributed by atoms with Crippen LogP contribution in [-0.4, -0.2) is 16.4 Å². The highest BCUT2D eigenvalue weighted by molar-refractivity contribution is 7.80. The Kier molecular flexibility index (Phi) is 5.94. The number of ketones is 1. The van der Waals surface area contributed by atoms with E-state index in [4.69, 9.17) is 35.4 Å². The van der Waals surface area contributed by atoms with Gasteiger partial charge in [-0.15, -0.1) is 0 Å². The van der Waals surface area contributed by atoms with Gasteiger partial charge in [0.05, 0.1) is 5.54 Å². The lowest BCUT2D eigenvalue weighted by Gasteiger charge is -2.38. The molecule has 0 fully saturated rings. The fraction of sp³-hybridized carbons (Fsp3) is 0.182. The lowest BCUT2D eigenvalue weighted by Crippen LogP contribution is -2.53. The Morgan fingerprint density at radius 3 is 2.43 bits per heavy atom. The minimum absolute atomic E-state index is 0.106. The molecular formula is C22H20Cl2N2OS. The van der Waals surface area contributed by atoms with Gasteiger partial charge in [0.2, 0.25) is 0 Å². The average molecular weight is 431 g/mol. The number of carbonyl (C=O) groups excluding carboxylic acids is 1. The molecular weight excluding hydrogens is 411 g/mol. The molecule has 1 heterocycles. The molecule has 0 amide bonds. The summed E-state index contributed by atoms with van der Waals surface area (Å²) in [6.07, 6.45) is 5.32. The number of hydrogen-bond donors (Lipinski definition) is 1. The Balaban J connectivity index is 1.78. The van der Waals surface area contributed by atoms with Crippen molar-refractivity contribution in [1.82, 2.24) is 5.32 Å². The number of benzene rings is 2. The third-order valence-corrected chi connectivity index (χ3v) is 5.19. The maximum absolute atomic E-state index is 12.5. The van der Waals surface area contributed by atoms with Crippen LogP contribution in [0.2, 0.25) is 10.0 Å². The van der Waals surface area contributed by atoms with Crippen LogP contribution in [0.25, 0.3) is 6.08 Å². The van der Waals surface area contributed by atoms with Gasteiger partial charge in [0.25, 0.3) is 0 Å². The van der Waals surface area contributed by atoms with Crippen molar-refractivity contribution in [1.29, 1.82) is 0 Å². The summed E-state index contributed by atoms with van der Waals surface area (Å²) in [6, 6.07) is 12.5. The zero-order valence-electron chi connectivity index (χ0n) is 15.8. The standard InChI is InChI=1S/C22H20Cl2N2OS/c1-14-13-22(2,3)25-21(28)26(14)18-9-5-16(6-10-18)20(27)11-7-15-4-8-17(23)12-19(15)24/h4-13H,1-3H3,(H,25,28)/b11-7+. The number of thiocarbonyl (C=S) groups is 1. The fourth-order valence-corrected chi connectivity index (χ4v) is 4.09. The summed E-state index contributed by atoms with van der Waals surface area (Å²) in [5, 5.41) is 5.00. The van der Waals surface area contributed by atoms with Gasteiger partial charge >= 0.3 is 0 Å². The SMILES string of the molecule is CC1=CC(C)(C)NC(=S)N1c1ccc(C(=O)/C=C/c2ccc(Cl)cc2Cl)cc1. The monoisotopic (exact) mass is 430 g/mol. The van der Waals surface area contributed by atoms with E-state index in [1.54, 1.807) is 36.4 Å². The van der Waals surface area contributed by atoms with E-state index in [-0.39, 0.29) is 11.3 Å². The van der Waals surface area contributed by atoms with Gasteiger partial charge in [-0.2, -0.15) is 0 Å². The smallest absolute Gasteiger partial charge is 0.185 e. The first kappa shape index (κ1) is 20.6. The highest BCUT2D eigenvalue weighted by Crippen LogP contribution is 2.26. The van der Waals surface area contributed by atoms with Gasteiger partial charge in [-0.25, -0.2) is 0 Å².